The van der Waals surface area contributed by atoms with Crippen molar-refractivity contribution in [2.75, 3.05) is 5.32 Å². The minimum Gasteiger partial charge on any atom is -0.393 e. The fourth-order valence-electron chi connectivity index (χ4n) is 1.86. The zero-order valence-corrected chi connectivity index (χ0v) is 8.58. The largest absolute Gasteiger partial charge is 0.393 e. The molecule has 0 fully saturated rings. The number of hydrogen-bond donors (Lipinski definition) is 2. The molecule has 1 heterocycles. The van der Waals surface area contributed by atoms with E-state index in [0.717, 1.165) is 16.8 Å². The Balaban J connectivity index is 2.47. The van der Waals surface area contributed by atoms with Gasteiger partial charge in [0.25, 0.3) is 5.91 Å². The molecular weight excluding hydrogens is 190 g/mol. The standard InChI is InChI=1S/C12H13NO2/c1-7(14)6-9-4-3-5-10-11(9)8(2)12(15)13-10/h3-5,7,14H,2,6H2,1H3,(H,13,15). The van der Waals surface area contributed by atoms with Crippen molar-refractivity contribution in [3.05, 3.63) is 35.9 Å². The highest BCUT2D eigenvalue weighted by atomic mass is 16.3. The van der Waals surface area contributed by atoms with E-state index in [4.69, 9.17) is 0 Å². The molecule has 1 amide bonds. The maximum absolute atomic E-state index is 11.4. The Morgan fingerprint density at radius 3 is 2.93 bits per heavy atom. The van der Waals surface area contributed by atoms with Crippen LogP contribution in [-0.4, -0.2) is 17.1 Å². The number of anilines is 1. The second-order valence-electron chi connectivity index (χ2n) is 3.83. The number of carbonyl (C=O) groups is 1. The number of fused-ring (bicyclic) bond motifs is 1. The summed E-state index contributed by atoms with van der Waals surface area (Å²) in [6, 6.07) is 5.63. The van der Waals surface area contributed by atoms with Crippen LogP contribution >= 0.6 is 0 Å². The Labute approximate surface area is 88.4 Å². The summed E-state index contributed by atoms with van der Waals surface area (Å²) in [6.07, 6.45) is 0.122. The summed E-state index contributed by atoms with van der Waals surface area (Å²) in [4.78, 5) is 11.4. The summed E-state index contributed by atoms with van der Waals surface area (Å²) in [5, 5.41) is 12.1. The molecule has 1 aromatic rings. The predicted molar refractivity (Wildman–Crippen MR) is 59.5 cm³/mol. The second kappa shape index (κ2) is 3.51. The summed E-state index contributed by atoms with van der Waals surface area (Å²) in [5.74, 6) is -0.150. The Morgan fingerprint density at radius 2 is 2.27 bits per heavy atom. The van der Waals surface area contributed by atoms with Crippen molar-refractivity contribution in [2.45, 2.75) is 19.4 Å². The van der Waals surface area contributed by atoms with Crippen LogP contribution in [0.1, 0.15) is 18.1 Å². The van der Waals surface area contributed by atoms with Gasteiger partial charge in [-0.15, -0.1) is 0 Å². The van der Waals surface area contributed by atoms with Crippen LogP contribution in [-0.2, 0) is 11.2 Å². The second-order valence-corrected chi connectivity index (χ2v) is 3.83. The van der Waals surface area contributed by atoms with Crippen LogP contribution in [0.2, 0.25) is 0 Å². The molecule has 3 nitrogen and oxygen atoms in total. The van der Waals surface area contributed by atoms with Gasteiger partial charge in [-0.1, -0.05) is 18.7 Å². The van der Waals surface area contributed by atoms with Crippen molar-refractivity contribution < 1.29 is 9.90 Å². The molecular formula is C12H13NO2. The van der Waals surface area contributed by atoms with E-state index in [2.05, 4.69) is 11.9 Å². The first kappa shape index (κ1) is 9.93. The minimum atomic E-state index is -0.417. The van der Waals surface area contributed by atoms with Crippen molar-refractivity contribution in [1.29, 1.82) is 0 Å². The van der Waals surface area contributed by atoms with Crippen molar-refractivity contribution in [3.63, 3.8) is 0 Å². The molecule has 1 aliphatic heterocycles. The summed E-state index contributed by atoms with van der Waals surface area (Å²) >= 11 is 0. The van der Waals surface area contributed by atoms with Gasteiger partial charge in [-0.05, 0) is 25.0 Å². The fourth-order valence-corrected chi connectivity index (χ4v) is 1.86. The summed E-state index contributed by atoms with van der Waals surface area (Å²) in [5.41, 5.74) is 3.10. The van der Waals surface area contributed by atoms with Gasteiger partial charge in [-0.2, -0.15) is 0 Å². The van der Waals surface area contributed by atoms with Crippen LogP contribution in [0.3, 0.4) is 0 Å². The molecule has 1 unspecified atom stereocenters. The third-order valence-electron chi connectivity index (χ3n) is 2.49. The third kappa shape index (κ3) is 1.66. The van der Waals surface area contributed by atoms with E-state index in [1.54, 1.807) is 6.92 Å². The predicted octanol–water partition coefficient (Wildman–Crippen LogP) is 1.58. The highest BCUT2D eigenvalue weighted by Gasteiger charge is 2.24. The highest BCUT2D eigenvalue weighted by molar-refractivity contribution is 6.31. The average Bonchev–Trinajstić information content (AvgIpc) is 2.43. The molecule has 15 heavy (non-hydrogen) atoms. The molecule has 2 N–H and O–H groups in total. The molecule has 1 atom stereocenters. The van der Waals surface area contributed by atoms with Gasteiger partial charge < -0.3 is 10.4 Å². The van der Waals surface area contributed by atoms with Gasteiger partial charge in [-0.25, -0.2) is 0 Å². The molecule has 0 radical (unpaired) electrons. The minimum absolute atomic E-state index is 0.150. The molecule has 0 aromatic heterocycles. The van der Waals surface area contributed by atoms with Crippen molar-refractivity contribution in [3.8, 4) is 0 Å². The smallest absolute Gasteiger partial charge is 0.255 e. The maximum atomic E-state index is 11.4. The van der Waals surface area contributed by atoms with Gasteiger partial charge in [0.05, 0.1) is 6.10 Å². The lowest BCUT2D eigenvalue weighted by molar-refractivity contribution is -0.110. The van der Waals surface area contributed by atoms with Crippen LogP contribution in [0, 0.1) is 0 Å². The van der Waals surface area contributed by atoms with Gasteiger partial charge in [0, 0.05) is 16.8 Å². The lowest BCUT2D eigenvalue weighted by Gasteiger charge is -2.09. The zero-order valence-electron chi connectivity index (χ0n) is 8.58. The van der Waals surface area contributed by atoms with Gasteiger partial charge in [0.2, 0.25) is 0 Å². The summed E-state index contributed by atoms with van der Waals surface area (Å²) in [7, 11) is 0. The van der Waals surface area contributed by atoms with Gasteiger partial charge in [-0.3, -0.25) is 4.79 Å². The van der Waals surface area contributed by atoms with E-state index < -0.39 is 6.10 Å². The van der Waals surface area contributed by atoms with Gasteiger partial charge in [0.15, 0.2) is 0 Å². The quantitative estimate of drug-likeness (QED) is 0.717. The first-order valence-corrected chi connectivity index (χ1v) is 4.90. The van der Waals surface area contributed by atoms with Crippen molar-refractivity contribution in [1.82, 2.24) is 0 Å². The van der Waals surface area contributed by atoms with E-state index in [0.29, 0.717) is 12.0 Å². The Kier molecular flexibility index (Phi) is 2.32. The Morgan fingerprint density at radius 1 is 1.53 bits per heavy atom. The van der Waals surface area contributed by atoms with Crippen molar-refractivity contribution in [2.24, 2.45) is 0 Å². The normalized spacial score (nSPS) is 16.1. The highest BCUT2D eigenvalue weighted by Crippen LogP contribution is 2.33. The molecule has 78 valence electrons. The fraction of sp³-hybridized carbons (Fsp3) is 0.250. The van der Waals surface area contributed by atoms with Gasteiger partial charge in [0.1, 0.15) is 0 Å². The third-order valence-corrected chi connectivity index (χ3v) is 2.49. The number of benzene rings is 1. The van der Waals surface area contributed by atoms with Crippen LogP contribution in [0.15, 0.2) is 24.8 Å². The van der Waals surface area contributed by atoms with Gasteiger partial charge >= 0.3 is 0 Å². The lowest BCUT2D eigenvalue weighted by Crippen LogP contribution is -2.06. The van der Waals surface area contributed by atoms with E-state index in [-0.39, 0.29) is 5.91 Å². The van der Waals surface area contributed by atoms with Crippen LogP contribution < -0.4 is 5.32 Å². The number of rotatable bonds is 2. The van der Waals surface area contributed by atoms with E-state index in [1.807, 2.05) is 18.2 Å². The number of hydrogen-bond acceptors (Lipinski definition) is 2. The first-order chi connectivity index (χ1) is 7.09. The van der Waals surface area contributed by atoms with Crippen LogP contribution in [0.4, 0.5) is 5.69 Å². The van der Waals surface area contributed by atoms with Crippen molar-refractivity contribution >= 4 is 17.2 Å². The summed E-state index contributed by atoms with van der Waals surface area (Å²) in [6.45, 7) is 5.48. The summed E-state index contributed by atoms with van der Waals surface area (Å²) < 4.78 is 0. The maximum Gasteiger partial charge on any atom is 0.255 e. The van der Waals surface area contributed by atoms with E-state index in [1.165, 1.54) is 0 Å². The number of amides is 1. The lowest BCUT2D eigenvalue weighted by atomic mass is 9.97. The first-order valence-electron chi connectivity index (χ1n) is 4.90. The van der Waals surface area contributed by atoms with Crippen LogP contribution in [0.5, 0.6) is 0 Å². The molecule has 2 rings (SSSR count). The monoisotopic (exact) mass is 203 g/mol. The molecule has 1 aliphatic rings. The number of aliphatic hydroxyl groups excluding tert-OH is 1. The molecule has 0 bridgehead atoms. The number of aliphatic hydroxyl groups is 1. The number of carbonyl (C=O) groups excluding carboxylic acids is 1. The van der Waals surface area contributed by atoms with Crippen LogP contribution in [0.25, 0.3) is 5.57 Å². The Bertz CT molecular complexity index is 435. The number of nitrogens with one attached hydrogen (secondary N) is 1. The molecule has 0 spiro atoms. The topological polar surface area (TPSA) is 49.3 Å². The average molecular weight is 203 g/mol. The molecule has 3 heteroatoms. The van der Waals surface area contributed by atoms with E-state index >= 15 is 0 Å². The SMILES string of the molecule is C=C1C(=O)Nc2cccc(CC(C)O)c21. The molecule has 1 aromatic carbocycles. The zero-order chi connectivity index (χ0) is 11.0. The van der Waals surface area contributed by atoms with E-state index in [9.17, 15) is 9.90 Å². The Hall–Kier alpha value is -1.61. The molecule has 0 saturated carbocycles. The molecule has 0 aliphatic carbocycles. The molecule has 0 saturated heterocycles.